The first-order valence-corrected chi connectivity index (χ1v) is 15.8. The number of alkyl halides is 3. The van der Waals surface area contributed by atoms with Crippen molar-refractivity contribution in [3.8, 4) is 0 Å². The highest BCUT2D eigenvalue weighted by Gasteiger charge is 2.34. The van der Waals surface area contributed by atoms with Crippen molar-refractivity contribution in [2.45, 2.75) is 76.5 Å². The largest absolute Gasteiger partial charge is 0.416 e. The normalized spacial score (nSPS) is 16.3. The van der Waals surface area contributed by atoms with Crippen LogP contribution in [0.4, 0.5) is 18.9 Å². The van der Waals surface area contributed by atoms with Crippen molar-refractivity contribution in [1.82, 2.24) is 9.55 Å². The lowest BCUT2D eigenvalue weighted by Gasteiger charge is -2.36. The van der Waals surface area contributed by atoms with Crippen molar-refractivity contribution in [1.29, 1.82) is 0 Å². The first-order valence-electron chi connectivity index (χ1n) is 14.1. The Bertz CT molecular complexity index is 1660. The summed E-state index contributed by atoms with van der Waals surface area (Å²) in [7, 11) is 0. The number of benzene rings is 2. The van der Waals surface area contributed by atoms with Gasteiger partial charge in [-0.1, -0.05) is 75.4 Å². The Hall–Kier alpha value is -3.11. The fraction of sp³-hybridized carbons (Fsp3) is 0.406. The average molecular weight is 614 g/mol. The fourth-order valence-corrected chi connectivity index (χ4v) is 7.67. The van der Waals surface area contributed by atoms with Crippen molar-refractivity contribution < 1.29 is 18.0 Å². The molecule has 1 N–H and O–H groups in total. The first-order chi connectivity index (χ1) is 19.9. The molecule has 1 aliphatic rings. The van der Waals surface area contributed by atoms with Gasteiger partial charge in [0.2, 0.25) is 5.91 Å². The molecule has 0 spiro atoms. The summed E-state index contributed by atoms with van der Waals surface area (Å²) >= 11 is 2.70. The van der Waals surface area contributed by atoms with Crippen LogP contribution in [0.3, 0.4) is 0 Å². The smallest absolute Gasteiger partial charge is 0.325 e. The predicted molar refractivity (Wildman–Crippen MR) is 164 cm³/mol. The highest BCUT2D eigenvalue weighted by atomic mass is 32.2. The number of anilines is 1. The SMILES string of the molecule is CCC(C)(C)[C@H]1CCc2c(sc3nc(S[C@@H](C)C(=O)Nc4cccc(C(F)(F)F)c4)n(Cc4ccccc4)c(=O)c23)C1. The molecule has 10 heteroatoms. The molecular formula is C32H34F3N3O2S2. The molecule has 2 atom stereocenters. The zero-order valence-corrected chi connectivity index (χ0v) is 25.7. The van der Waals surface area contributed by atoms with E-state index in [1.54, 1.807) is 22.8 Å². The van der Waals surface area contributed by atoms with E-state index in [0.29, 0.717) is 27.8 Å². The Morgan fingerprint density at radius 3 is 2.60 bits per heavy atom. The van der Waals surface area contributed by atoms with Gasteiger partial charge >= 0.3 is 6.18 Å². The lowest BCUT2D eigenvalue weighted by atomic mass is 9.70. The van der Waals surface area contributed by atoms with Gasteiger partial charge in [0.1, 0.15) is 4.83 Å². The molecule has 0 fully saturated rings. The van der Waals surface area contributed by atoms with Gasteiger partial charge in [0.05, 0.1) is 22.7 Å². The summed E-state index contributed by atoms with van der Waals surface area (Å²) in [6.07, 6.45) is -0.635. The molecule has 0 saturated heterocycles. The first kappa shape index (κ1) is 30.4. The standard InChI is InChI=1S/C32H34F3N3O2S2/c1-5-31(3,4)21-14-15-24-25(17-21)42-28-26(24)29(40)38(18-20-10-7-6-8-11-20)30(37-28)41-19(2)27(39)36-23-13-9-12-22(16-23)32(33,34)35/h6-13,16,19,21H,5,14-15,17-18H2,1-4H3,(H,36,39)/t19-,21-/m0/s1. The van der Waals surface area contributed by atoms with Gasteiger partial charge in [-0.25, -0.2) is 4.98 Å². The molecule has 1 aliphatic carbocycles. The Kier molecular flexibility index (Phi) is 8.58. The molecule has 2 aromatic carbocycles. The maximum absolute atomic E-state index is 14.1. The lowest BCUT2D eigenvalue weighted by Crippen LogP contribution is -2.29. The van der Waals surface area contributed by atoms with Crippen LogP contribution in [-0.2, 0) is 30.4 Å². The number of hydrogen-bond acceptors (Lipinski definition) is 5. The van der Waals surface area contributed by atoms with Crippen LogP contribution in [0.2, 0.25) is 0 Å². The zero-order chi connectivity index (χ0) is 30.2. The Morgan fingerprint density at radius 2 is 1.90 bits per heavy atom. The van der Waals surface area contributed by atoms with Crippen LogP contribution < -0.4 is 10.9 Å². The van der Waals surface area contributed by atoms with Crippen molar-refractivity contribution in [2.75, 3.05) is 5.32 Å². The second-order valence-electron chi connectivity index (χ2n) is 11.6. The Balaban J connectivity index is 1.49. The van der Waals surface area contributed by atoms with E-state index in [-0.39, 0.29) is 16.7 Å². The number of hydrogen-bond donors (Lipinski definition) is 1. The number of carbonyl (C=O) groups excluding carboxylic acids is 1. The maximum Gasteiger partial charge on any atom is 0.416 e. The number of carbonyl (C=O) groups is 1. The number of aromatic nitrogens is 2. The van der Waals surface area contributed by atoms with Crippen LogP contribution in [0, 0.1) is 11.3 Å². The molecule has 0 unspecified atom stereocenters. The Labute approximate surface area is 251 Å². The van der Waals surface area contributed by atoms with E-state index in [1.165, 1.54) is 17.0 Å². The van der Waals surface area contributed by atoms with Crippen LogP contribution in [0.1, 0.15) is 62.1 Å². The van der Waals surface area contributed by atoms with Crippen LogP contribution in [0.25, 0.3) is 10.2 Å². The highest BCUT2D eigenvalue weighted by molar-refractivity contribution is 8.00. The van der Waals surface area contributed by atoms with E-state index in [0.717, 1.165) is 60.7 Å². The minimum absolute atomic E-state index is 0.0582. The summed E-state index contributed by atoms with van der Waals surface area (Å²) in [6.45, 7) is 8.79. The van der Waals surface area contributed by atoms with E-state index < -0.39 is 22.9 Å². The van der Waals surface area contributed by atoms with Crippen molar-refractivity contribution >= 4 is 44.9 Å². The quantitative estimate of drug-likeness (QED) is 0.161. The molecular weight excluding hydrogens is 579 g/mol. The minimum atomic E-state index is -4.51. The molecule has 222 valence electrons. The zero-order valence-electron chi connectivity index (χ0n) is 24.0. The van der Waals surface area contributed by atoms with Gasteiger partial charge in [0.15, 0.2) is 5.16 Å². The molecule has 0 saturated carbocycles. The summed E-state index contributed by atoms with van der Waals surface area (Å²) in [5, 5.41) is 2.94. The third kappa shape index (κ3) is 6.29. The fourth-order valence-electron chi connectivity index (χ4n) is 5.42. The maximum atomic E-state index is 14.1. The number of fused-ring (bicyclic) bond motifs is 3. The van der Waals surface area contributed by atoms with E-state index >= 15 is 0 Å². The van der Waals surface area contributed by atoms with Crippen molar-refractivity contribution in [3.63, 3.8) is 0 Å². The minimum Gasteiger partial charge on any atom is -0.325 e. The molecule has 5 nitrogen and oxygen atoms in total. The summed E-state index contributed by atoms with van der Waals surface area (Å²) in [5.74, 6) is 0.0538. The van der Waals surface area contributed by atoms with Crippen molar-refractivity contribution in [3.05, 3.63) is 86.5 Å². The monoisotopic (exact) mass is 613 g/mol. The molecule has 1 amide bonds. The van der Waals surface area contributed by atoms with Gasteiger partial charge in [-0.3, -0.25) is 14.2 Å². The Morgan fingerprint density at radius 1 is 1.17 bits per heavy atom. The summed E-state index contributed by atoms with van der Waals surface area (Å²) in [4.78, 5) is 34.0. The molecule has 42 heavy (non-hydrogen) atoms. The molecule has 4 aromatic rings. The number of amides is 1. The number of aryl methyl sites for hydroxylation is 1. The van der Waals surface area contributed by atoms with Gasteiger partial charge in [-0.15, -0.1) is 11.3 Å². The predicted octanol–water partition coefficient (Wildman–Crippen LogP) is 8.19. The number of nitrogens with zero attached hydrogens (tertiary/aromatic N) is 2. The number of halogens is 3. The van der Waals surface area contributed by atoms with E-state index in [1.807, 2.05) is 30.3 Å². The number of rotatable bonds is 8. The topological polar surface area (TPSA) is 64.0 Å². The van der Waals surface area contributed by atoms with Crippen LogP contribution in [0.5, 0.6) is 0 Å². The molecule has 0 aliphatic heterocycles. The van der Waals surface area contributed by atoms with Gasteiger partial charge in [-0.05, 0) is 66.8 Å². The third-order valence-corrected chi connectivity index (χ3v) is 10.7. The molecule has 0 bridgehead atoms. The summed E-state index contributed by atoms with van der Waals surface area (Å²) in [6, 6.07) is 14.2. The summed E-state index contributed by atoms with van der Waals surface area (Å²) < 4.78 is 41.1. The second kappa shape index (κ2) is 11.9. The average Bonchev–Trinajstić information content (AvgIpc) is 3.33. The highest BCUT2D eigenvalue weighted by Crippen LogP contribution is 2.44. The van der Waals surface area contributed by atoms with E-state index in [4.69, 9.17) is 4.98 Å². The molecule has 2 aromatic heterocycles. The number of thiophene rings is 1. The third-order valence-electron chi connectivity index (χ3n) is 8.44. The van der Waals surface area contributed by atoms with E-state index in [2.05, 4.69) is 26.1 Å². The van der Waals surface area contributed by atoms with Crippen molar-refractivity contribution in [2.24, 2.45) is 11.3 Å². The lowest BCUT2D eigenvalue weighted by molar-refractivity contribution is -0.137. The van der Waals surface area contributed by atoms with Gasteiger partial charge in [0.25, 0.3) is 5.56 Å². The number of thioether (sulfide) groups is 1. The van der Waals surface area contributed by atoms with Crippen LogP contribution in [-0.4, -0.2) is 20.7 Å². The molecule has 0 radical (unpaired) electrons. The van der Waals surface area contributed by atoms with Gasteiger partial charge in [0, 0.05) is 10.6 Å². The molecule has 5 rings (SSSR count). The van der Waals surface area contributed by atoms with Gasteiger partial charge < -0.3 is 5.32 Å². The van der Waals surface area contributed by atoms with Crippen LogP contribution in [0.15, 0.2) is 64.5 Å². The van der Waals surface area contributed by atoms with Gasteiger partial charge in [-0.2, -0.15) is 13.2 Å². The second-order valence-corrected chi connectivity index (χ2v) is 14.0. The van der Waals surface area contributed by atoms with E-state index in [9.17, 15) is 22.8 Å². The number of nitrogens with one attached hydrogen (secondary N) is 1. The van der Waals surface area contributed by atoms with Crippen LogP contribution >= 0.6 is 23.1 Å². The molecule has 2 heterocycles. The summed E-state index contributed by atoms with van der Waals surface area (Å²) in [5.41, 5.74) is 1.33.